The molecule has 0 saturated heterocycles. The van der Waals surface area contributed by atoms with Gasteiger partial charge in [0.15, 0.2) is 0 Å². The summed E-state index contributed by atoms with van der Waals surface area (Å²) in [6.07, 6.45) is 10.0. The topological polar surface area (TPSA) is 40.5 Å². The summed E-state index contributed by atoms with van der Waals surface area (Å²) >= 11 is 0. The molecule has 0 amide bonds. The third-order valence-electron chi connectivity index (χ3n) is 6.99. The van der Waals surface area contributed by atoms with Crippen molar-refractivity contribution in [2.75, 3.05) is 0 Å². The van der Waals surface area contributed by atoms with Crippen molar-refractivity contribution < 1.29 is 10.2 Å². The Morgan fingerprint density at radius 3 is 2.10 bits per heavy atom. The van der Waals surface area contributed by atoms with E-state index in [1.807, 2.05) is 13.8 Å². The quantitative estimate of drug-likeness (QED) is 0.753. The maximum Gasteiger partial charge on any atom is 0.0651 e. The predicted molar refractivity (Wildman–Crippen MR) is 85.9 cm³/mol. The molecule has 3 aliphatic carbocycles. The molecule has 0 spiro atoms. The third kappa shape index (κ3) is 2.82. The standard InChI is InChI=1S/C19H32O2/c1-13(14-6-4-5-7-14)15-8-10-18(2,20)16-9-11-19(3,21)17(16)12-15/h14-17,20-21H,1,4-12H2,2-3H3. The summed E-state index contributed by atoms with van der Waals surface area (Å²) in [6, 6.07) is 0. The average Bonchev–Trinajstić information content (AvgIpc) is 2.99. The second kappa shape index (κ2) is 5.38. The zero-order valence-corrected chi connectivity index (χ0v) is 13.8. The Bertz CT molecular complexity index is 404. The fraction of sp³-hybridized carbons (Fsp3) is 0.895. The summed E-state index contributed by atoms with van der Waals surface area (Å²) in [6.45, 7) is 8.42. The van der Waals surface area contributed by atoms with E-state index in [-0.39, 0.29) is 11.8 Å². The Morgan fingerprint density at radius 1 is 0.857 bits per heavy atom. The Morgan fingerprint density at radius 2 is 1.43 bits per heavy atom. The van der Waals surface area contributed by atoms with Crippen LogP contribution in [0.2, 0.25) is 0 Å². The fourth-order valence-electron chi connectivity index (χ4n) is 5.47. The Kier molecular flexibility index (Phi) is 3.99. The molecular weight excluding hydrogens is 260 g/mol. The van der Waals surface area contributed by atoms with Crippen LogP contribution in [0.1, 0.15) is 71.6 Å². The van der Waals surface area contributed by atoms with Gasteiger partial charge in [0.25, 0.3) is 0 Å². The smallest absolute Gasteiger partial charge is 0.0651 e. The summed E-state index contributed by atoms with van der Waals surface area (Å²) in [5, 5.41) is 21.7. The minimum Gasteiger partial charge on any atom is -0.390 e. The van der Waals surface area contributed by atoms with E-state index in [4.69, 9.17) is 0 Å². The van der Waals surface area contributed by atoms with Crippen molar-refractivity contribution in [3.63, 3.8) is 0 Å². The number of hydrogen-bond donors (Lipinski definition) is 2. The van der Waals surface area contributed by atoms with Crippen molar-refractivity contribution in [2.24, 2.45) is 23.7 Å². The number of allylic oxidation sites excluding steroid dienone is 1. The molecular formula is C19H32O2. The van der Waals surface area contributed by atoms with Crippen molar-refractivity contribution in [3.8, 4) is 0 Å². The van der Waals surface area contributed by atoms with Gasteiger partial charge < -0.3 is 10.2 Å². The maximum atomic E-state index is 10.9. The van der Waals surface area contributed by atoms with Crippen LogP contribution < -0.4 is 0 Å². The van der Waals surface area contributed by atoms with E-state index in [1.165, 1.54) is 31.3 Å². The van der Waals surface area contributed by atoms with Gasteiger partial charge in [-0.2, -0.15) is 0 Å². The maximum absolute atomic E-state index is 10.9. The van der Waals surface area contributed by atoms with Gasteiger partial charge in [-0.25, -0.2) is 0 Å². The molecule has 2 heteroatoms. The zero-order valence-electron chi connectivity index (χ0n) is 13.8. The highest BCUT2D eigenvalue weighted by molar-refractivity contribution is 5.13. The van der Waals surface area contributed by atoms with E-state index < -0.39 is 11.2 Å². The van der Waals surface area contributed by atoms with Gasteiger partial charge in [0.05, 0.1) is 11.2 Å². The van der Waals surface area contributed by atoms with Crippen LogP contribution in [-0.4, -0.2) is 21.4 Å². The normalized spacial score (nSPS) is 48.1. The second-order valence-electron chi connectivity index (χ2n) is 8.49. The monoisotopic (exact) mass is 292 g/mol. The van der Waals surface area contributed by atoms with Crippen LogP contribution in [0.3, 0.4) is 0 Å². The van der Waals surface area contributed by atoms with Crippen molar-refractivity contribution >= 4 is 0 Å². The van der Waals surface area contributed by atoms with Gasteiger partial charge in [-0.15, -0.1) is 0 Å². The lowest BCUT2D eigenvalue weighted by Crippen LogP contribution is -2.40. The van der Waals surface area contributed by atoms with E-state index in [1.54, 1.807) is 0 Å². The van der Waals surface area contributed by atoms with E-state index in [2.05, 4.69) is 6.58 Å². The number of rotatable bonds is 2. The molecule has 2 N–H and O–H groups in total. The molecule has 3 aliphatic rings. The molecule has 0 aromatic carbocycles. The Labute approximate surface area is 129 Å². The van der Waals surface area contributed by atoms with Crippen molar-refractivity contribution in [2.45, 2.75) is 82.8 Å². The molecule has 3 rings (SSSR count). The third-order valence-corrected chi connectivity index (χ3v) is 6.99. The first-order chi connectivity index (χ1) is 9.81. The zero-order chi connectivity index (χ0) is 15.3. The fourth-order valence-corrected chi connectivity index (χ4v) is 5.47. The first kappa shape index (κ1) is 15.6. The van der Waals surface area contributed by atoms with Crippen LogP contribution in [0.15, 0.2) is 12.2 Å². The second-order valence-corrected chi connectivity index (χ2v) is 8.49. The Balaban J connectivity index is 1.80. The molecule has 2 nitrogen and oxygen atoms in total. The van der Waals surface area contributed by atoms with Gasteiger partial charge in [-0.05, 0) is 82.5 Å². The first-order valence-electron chi connectivity index (χ1n) is 8.95. The van der Waals surface area contributed by atoms with Gasteiger partial charge in [0.1, 0.15) is 0 Å². The molecule has 0 aromatic heterocycles. The van der Waals surface area contributed by atoms with Crippen molar-refractivity contribution in [1.29, 1.82) is 0 Å². The minimum atomic E-state index is -0.615. The van der Waals surface area contributed by atoms with Gasteiger partial charge in [0, 0.05) is 0 Å². The van der Waals surface area contributed by atoms with E-state index in [0.29, 0.717) is 11.8 Å². The van der Waals surface area contributed by atoms with Crippen LogP contribution in [0.25, 0.3) is 0 Å². The van der Waals surface area contributed by atoms with Crippen LogP contribution in [0.4, 0.5) is 0 Å². The van der Waals surface area contributed by atoms with Crippen LogP contribution in [0.5, 0.6) is 0 Å². The molecule has 0 aromatic rings. The number of aliphatic hydroxyl groups is 2. The van der Waals surface area contributed by atoms with Crippen LogP contribution >= 0.6 is 0 Å². The van der Waals surface area contributed by atoms with Crippen molar-refractivity contribution in [3.05, 3.63) is 12.2 Å². The largest absolute Gasteiger partial charge is 0.390 e. The highest BCUT2D eigenvalue weighted by atomic mass is 16.3. The average molecular weight is 292 g/mol. The lowest BCUT2D eigenvalue weighted by atomic mass is 9.75. The van der Waals surface area contributed by atoms with Gasteiger partial charge in [0.2, 0.25) is 0 Å². The van der Waals surface area contributed by atoms with Gasteiger partial charge in [-0.3, -0.25) is 0 Å². The lowest BCUT2D eigenvalue weighted by molar-refractivity contribution is -0.0539. The number of hydrogen-bond acceptors (Lipinski definition) is 2. The first-order valence-corrected chi connectivity index (χ1v) is 8.95. The molecule has 5 unspecified atom stereocenters. The summed E-state index contributed by atoms with van der Waals surface area (Å²) in [5.74, 6) is 1.69. The Hall–Kier alpha value is -0.340. The van der Waals surface area contributed by atoms with E-state index >= 15 is 0 Å². The molecule has 0 bridgehead atoms. The molecule has 21 heavy (non-hydrogen) atoms. The lowest BCUT2D eigenvalue weighted by Gasteiger charge is -2.36. The van der Waals surface area contributed by atoms with E-state index in [9.17, 15) is 10.2 Å². The summed E-state index contributed by atoms with van der Waals surface area (Å²) < 4.78 is 0. The number of fused-ring (bicyclic) bond motifs is 1. The SMILES string of the molecule is C=C(C1CCCC1)C1CCC(C)(O)C2CCC(C)(O)C2C1. The molecule has 5 atom stereocenters. The minimum absolute atomic E-state index is 0.234. The van der Waals surface area contributed by atoms with Crippen LogP contribution in [0, 0.1) is 23.7 Å². The summed E-state index contributed by atoms with van der Waals surface area (Å²) in [5.41, 5.74) is 0.204. The summed E-state index contributed by atoms with van der Waals surface area (Å²) in [4.78, 5) is 0. The molecule has 0 aliphatic heterocycles. The molecule has 3 fully saturated rings. The van der Waals surface area contributed by atoms with Crippen LogP contribution in [-0.2, 0) is 0 Å². The van der Waals surface area contributed by atoms with E-state index in [0.717, 1.165) is 32.1 Å². The molecule has 0 heterocycles. The molecule has 3 saturated carbocycles. The van der Waals surface area contributed by atoms with Gasteiger partial charge >= 0.3 is 0 Å². The summed E-state index contributed by atoms with van der Waals surface area (Å²) in [7, 11) is 0. The van der Waals surface area contributed by atoms with Gasteiger partial charge in [-0.1, -0.05) is 25.0 Å². The molecule has 0 radical (unpaired) electrons. The highest BCUT2D eigenvalue weighted by Gasteiger charge is 2.53. The van der Waals surface area contributed by atoms with Crippen molar-refractivity contribution in [1.82, 2.24) is 0 Å². The molecule has 120 valence electrons. The predicted octanol–water partition coefficient (Wildman–Crippen LogP) is 4.06. The highest BCUT2D eigenvalue weighted by Crippen LogP contribution is 2.53.